The Hall–Kier alpha value is -2.64. The number of fused-ring (bicyclic) bond motifs is 1. The molecule has 0 saturated carbocycles. The van der Waals surface area contributed by atoms with E-state index in [0.29, 0.717) is 30.6 Å². The first-order valence-electron chi connectivity index (χ1n) is 10.9. The van der Waals surface area contributed by atoms with Crippen LogP contribution in [-0.4, -0.2) is 38.3 Å². The van der Waals surface area contributed by atoms with Gasteiger partial charge in [-0.1, -0.05) is 43.2 Å². The van der Waals surface area contributed by atoms with E-state index in [9.17, 15) is 13.2 Å². The predicted molar refractivity (Wildman–Crippen MR) is 121 cm³/mol. The minimum atomic E-state index is -3.54. The van der Waals surface area contributed by atoms with E-state index in [0.717, 1.165) is 38.5 Å². The maximum atomic E-state index is 13.0. The van der Waals surface area contributed by atoms with Gasteiger partial charge >= 0.3 is 0 Å². The predicted octanol–water partition coefficient (Wildman–Crippen LogP) is 4.36. The van der Waals surface area contributed by atoms with Crippen LogP contribution in [-0.2, 0) is 16.4 Å². The summed E-state index contributed by atoms with van der Waals surface area (Å²) in [6.07, 6.45) is 5.63. The Balaban J connectivity index is 1.41. The summed E-state index contributed by atoms with van der Waals surface area (Å²) in [4.78, 5) is 12.7. The number of sulfonamides is 1. The van der Waals surface area contributed by atoms with E-state index in [1.165, 1.54) is 5.56 Å². The second-order valence-corrected chi connectivity index (χ2v) is 9.91. The van der Waals surface area contributed by atoms with Gasteiger partial charge in [-0.2, -0.15) is 4.31 Å². The van der Waals surface area contributed by atoms with Crippen LogP contribution in [0, 0.1) is 0 Å². The van der Waals surface area contributed by atoms with Gasteiger partial charge in [-0.15, -0.1) is 0 Å². The first kappa shape index (κ1) is 21.6. The molecule has 0 unspecified atom stereocenters. The van der Waals surface area contributed by atoms with Crippen LogP contribution in [0.15, 0.2) is 63.9 Å². The van der Waals surface area contributed by atoms with Gasteiger partial charge in [-0.05, 0) is 55.5 Å². The van der Waals surface area contributed by atoms with Crippen molar-refractivity contribution >= 4 is 26.9 Å². The molecule has 1 amide bonds. The number of amides is 1. The van der Waals surface area contributed by atoms with Gasteiger partial charge in [0.25, 0.3) is 5.91 Å². The Kier molecular flexibility index (Phi) is 6.73. The number of aryl methyl sites for hydroxylation is 1. The van der Waals surface area contributed by atoms with Crippen molar-refractivity contribution in [2.75, 3.05) is 19.6 Å². The molecule has 0 aliphatic carbocycles. The second-order valence-electron chi connectivity index (χ2n) is 7.97. The molecule has 7 heteroatoms. The van der Waals surface area contributed by atoms with Crippen LogP contribution in [0.25, 0.3) is 11.0 Å². The first-order chi connectivity index (χ1) is 15.0. The molecule has 1 aromatic heterocycles. The van der Waals surface area contributed by atoms with E-state index in [-0.39, 0.29) is 16.6 Å². The Morgan fingerprint density at radius 3 is 2.45 bits per heavy atom. The van der Waals surface area contributed by atoms with Crippen molar-refractivity contribution in [1.29, 1.82) is 0 Å². The van der Waals surface area contributed by atoms with Gasteiger partial charge in [-0.3, -0.25) is 4.79 Å². The van der Waals surface area contributed by atoms with Crippen molar-refractivity contribution in [3.63, 3.8) is 0 Å². The molecule has 2 aromatic carbocycles. The molecular weight excluding hydrogens is 412 g/mol. The van der Waals surface area contributed by atoms with Gasteiger partial charge in [0.15, 0.2) is 5.76 Å². The zero-order chi connectivity index (χ0) is 21.7. The highest BCUT2D eigenvalue weighted by atomic mass is 32.2. The number of carbonyl (C=O) groups excluding carboxylic acids is 1. The molecule has 31 heavy (non-hydrogen) atoms. The number of hydrogen-bond donors (Lipinski definition) is 1. The zero-order valence-electron chi connectivity index (χ0n) is 17.5. The molecule has 1 aliphatic rings. The van der Waals surface area contributed by atoms with Crippen LogP contribution in [0.3, 0.4) is 0 Å². The van der Waals surface area contributed by atoms with Crippen molar-refractivity contribution in [3.05, 3.63) is 65.9 Å². The van der Waals surface area contributed by atoms with Gasteiger partial charge < -0.3 is 9.73 Å². The maximum absolute atomic E-state index is 13.0. The summed E-state index contributed by atoms with van der Waals surface area (Å²) in [5, 5.41) is 3.49. The van der Waals surface area contributed by atoms with Gasteiger partial charge in [0.2, 0.25) is 10.0 Å². The van der Waals surface area contributed by atoms with Gasteiger partial charge in [0, 0.05) is 25.0 Å². The first-order valence-corrected chi connectivity index (χ1v) is 12.3. The SMILES string of the molecule is O=C(NCCCc1ccccc1)c1cc2cc(S(=O)(=O)N3CCCCCC3)ccc2o1. The smallest absolute Gasteiger partial charge is 0.287 e. The lowest BCUT2D eigenvalue weighted by Gasteiger charge is -2.19. The lowest BCUT2D eigenvalue weighted by Crippen LogP contribution is -2.31. The summed E-state index contributed by atoms with van der Waals surface area (Å²) in [5.41, 5.74) is 1.74. The second kappa shape index (κ2) is 9.66. The van der Waals surface area contributed by atoms with Crippen LogP contribution >= 0.6 is 0 Å². The van der Waals surface area contributed by atoms with Gasteiger partial charge in [0.05, 0.1) is 4.90 Å². The summed E-state index contributed by atoms with van der Waals surface area (Å²) < 4.78 is 33.3. The summed E-state index contributed by atoms with van der Waals surface area (Å²) in [6.45, 7) is 1.66. The fourth-order valence-electron chi connectivity index (χ4n) is 3.95. The average Bonchev–Trinajstić information content (AvgIpc) is 3.01. The van der Waals surface area contributed by atoms with Crippen molar-refractivity contribution in [2.24, 2.45) is 0 Å². The quantitative estimate of drug-likeness (QED) is 0.554. The van der Waals surface area contributed by atoms with Gasteiger partial charge in [-0.25, -0.2) is 8.42 Å². The molecule has 0 spiro atoms. The number of rotatable bonds is 7. The van der Waals surface area contributed by atoms with Crippen LogP contribution in [0.2, 0.25) is 0 Å². The summed E-state index contributed by atoms with van der Waals surface area (Å²) in [5.74, 6) is -0.0970. The molecule has 6 nitrogen and oxygen atoms in total. The van der Waals surface area contributed by atoms with Gasteiger partial charge in [0.1, 0.15) is 5.58 Å². The molecular formula is C24H28N2O4S. The average molecular weight is 441 g/mol. The third-order valence-electron chi connectivity index (χ3n) is 5.68. The monoisotopic (exact) mass is 440 g/mol. The van der Waals surface area contributed by atoms with Crippen molar-refractivity contribution in [3.8, 4) is 0 Å². The normalized spacial score (nSPS) is 15.6. The number of nitrogens with one attached hydrogen (secondary N) is 1. The number of carbonyl (C=O) groups is 1. The molecule has 0 radical (unpaired) electrons. The van der Waals surface area contributed by atoms with Crippen molar-refractivity contribution in [1.82, 2.24) is 9.62 Å². The number of benzene rings is 2. The summed E-state index contributed by atoms with van der Waals surface area (Å²) >= 11 is 0. The van der Waals surface area contributed by atoms with Crippen molar-refractivity contribution in [2.45, 2.75) is 43.4 Å². The minimum absolute atomic E-state index is 0.194. The van der Waals surface area contributed by atoms with Crippen LogP contribution in [0.4, 0.5) is 0 Å². The highest BCUT2D eigenvalue weighted by molar-refractivity contribution is 7.89. The van der Waals surface area contributed by atoms with E-state index >= 15 is 0 Å². The van der Waals surface area contributed by atoms with E-state index in [4.69, 9.17) is 4.42 Å². The number of furan rings is 1. The highest BCUT2D eigenvalue weighted by Crippen LogP contribution is 2.26. The topological polar surface area (TPSA) is 79.6 Å². The lowest BCUT2D eigenvalue weighted by atomic mass is 10.1. The largest absolute Gasteiger partial charge is 0.451 e. The Labute approximate surface area is 183 Å². The zero-order valence-corrected chi connectivity index (χ0v) is 18.4. The Morgan fingerprint density at radius 2 is 1.71 bits per heavy atom. The molecule has 3 aromatic rings. The molecule has 0 bridgehead atoms. The van der Waals surface area contributed by atoms with E-state index in [1.54, 1.807) is 28.6 Å². The number of hydrogen-bond acceptors (Lipinski definition) is 4. The third kappa shape index (κ3) is 5.17. The van der Waals surface area contributed by atoms with Crippen LogP contribution < -0.4 is 5.32 Å². The van der Waals surface area contributed by atoms with Crippen LogP contribution in [0.1, 0.15) is 48.2 Å². The Bertz CT molecular complexity index is 1130. The molecule has 4 rings (SSSR count). The fraction of sp³-hybridized carbons (Fsp3) is 0.375. The lowest BCUT2D eigenvalue weighted by molar-refractivity contribution is 0.0927. The summed E-state index contributed by atoms with van der Waals surface area (Å²) in [7, 11) is -3.54. The van der Waals surface area contributed by atoms with E-state index in [2.05, 4.69) is 17.4 Å². The van der Waals surface area contributed by atoms with E-state index < -0.39 is 10.0 Å². The third-order valence-corrected chi connectivity index (χ3v) is 7.58. The van der Waals surface area contributed by atoms with Crippen molar-refractivity contribution < 1.29 is 17.6 Å². The molecule has 1 fully saturated rings. The number of nitrogens with zero attached hydrogens (tertiary/aromatic N) is 1. The molecule has 2 heterocycles. The fourth-order valence-corrected chi connectivity index (χ4v) is 5.50. The Morgan fingerprint density at radius 1 is 0.968 bits per heavy atom. The molecule has 1 saturated heterocycles. The van der Waals surface area contributed by atoms with Crippen LogP contribution in [0.5, 0.6) is 0 Å². The molecule has 0 atom stereocenters. The standard InChI is InChI=1S/C24H28N2O4S/c27-24(25-14-8-11-19-9-4-3-5-10-19)23-18-20-17-21(12-13-22(20)30-23)31(28,29)26-15-6-1-2-7-16-26/h3-5,9-10,12-13,17-18H,1-2,6-8,11,14-16H2,(H,25,27). The minimum Gasteiger partial charge on any atom is -0.451 e. The molecule has 164 valence electrons. The maximum Gasteiger partial charge on any atom is 0.287 e. The molecule has 1 aliphatic heterocycles. The molecule has 1 N–H and O–H groups in total. The highest BCUT2D eigenvalue weighted by Gasteiger charge is 2.26. The van der Waals surface area contributed by atoms with E-state index in [1.807, 2.05) is 18.2 Å². The summed E-state index contributed by atoms with van der Waals surface area (Å²) in [6, 6.07) is 16.5.